The molecule has 0 bridgehead atoms. The fourth-order valence-electron chi connectivity index (χ4n) is 4.31. The number of rotatable bonds is 7. The highest BCUT2D eigenvalue weighted by Gasteiger charge is 2.20. The van der Waals surface area contributed by atoms with E-state index in [2.05, 4.69) is 19.5 Å². The molecular formula is C26H28N4O3S. The Hall–Kier alpha value is -3.20. The van der Waals surface area contributed by atoms with Crippen molar-refractivity contribution in [3.63, 3.8) is 0 Å². The molecule has 4 aromatic rings. The van der Waals surface area contributed by atoms with Crippen LogP contribution in [0.4, 0.5) is 5.69 Å². The van der Waals surface area contributed by atoms with Gasteiger partial charge in [0.2, 0.25) is 0 Å². The zero-order valence-electron chi connectivity index (χ0n) is 19.1. The van der Waals surface area contributed by atoms with Gasteiger partial charge in [0.05, 0.1) is 18.3 Å². The predicted octanol–water partition coefficient (Wildman–Crippen LogP) is 4.25. The van der Waals surface area contributed by atoms with E-state index in [1.165, 1.54) is 0 Å². The molecular weight excluding hydrogens is 448 g/mol. The molecule has 5 rings (SSSR count). The average molecular weight is 477 g/mol. The summed E-state index contributed by atoms with van der Waals surface area (Å²) < 4.78 is 34.4. The number of furan rings is 1. The summed E-state index contributed by atoms with van der Waals surface area (Å²) in [7, 11) is -3.76. The van der Waals surface area contributed by atoms with Gasteiger partial charge in [-0.15, -0.1) is 0 Å². The molecule has 0 spiro atoms. The SMILES string of the molecule is Cc1ccc2cccc(S(=O)(=O)Nc3ccc(CN4CCN(Cc5ccco5)CC4)cc3)c2n1. The van der Waals surface area contributed by atoms with Gasteiger partial charge in [-0.3, -0.25) is 19.5 Å². The molecule has 2 aromatic carbocycles. The number of sulfonamides is 1. The highest BCUT2D eigenvalue weighted by Crippen LogP contribution is 2.24. The van der Waals surface area contributed by atoms with Gasteiger partial charge in [-0.05, 0) is 48.9 Å². The van der Waals surface area contributed by atoms with Crippen LogP contribution in [-0.4, -0.2) is 49.4 Å². The van der Waals surface area contributed by atoms with E-state index in [1.54, 1.807) is 18.4 Å². The summed E-state index contributed by atoms with van der Waals surface area (Å²) in [5.41, 5.74) is 2.96. The lowest BCUT2D eigenvalue weighted by Crippen LogP contribution is -2.45. The number of anilines is 1. The molecule has 1 saturated heterocycles. The normalized spacial score (nSPS) is 15.6. The summed E-state index contributed by atoms with van der Waals surface area (Å²) in [6, 6.07) is 20.5. The minimum atomic E-state index is -3.76. The number of pyridine rings is 1. The molecule has 1 N–H and O–H groups in total. The lowest BCUT2D eigenvalue weighted by atomic mass is 10.2. The van der Waals surface area contributed by atoms with Gasteiger partial charge < -0.3 is 4.42 Å². The number of fused-ring (bicyclic) bond motifs is 1. The smallest absolute Gasteiger partial charge is 0.264 e. The first-order valence-corrected chi connectivity index (χ1v) is 12.9. The van der Waals surface area contributed by atoms with Gasteiger partial charge in [0.25, 0.3) is 10.0 Å². The third-order valence-corrected chi connectivity index (χ3v) is 7.56. The Morgan fingerprint density at radius 2 is 1.62 bits per heavy atom. The van der Waals surface area contributed by atoms with Gasteiger partial charge in [0.1, 0.15) is 10.7 Å². The third kappa shape index (κ3) is 5.14. The van der Waals surface area contributed by atoms with Gasteiger partial charge >= 0.3 is 0 Å². The van der Waals surface area contributed by atoms with Crippen LogP contribution in [-0.2, 0) is 23.1 Å². The van der Waals surface area contributed by atoms with Crippen molar-refractivity contribution in [1.29, 1.82) is 0 Å². The Balaban J connectivity index is 1.21. The Kier molecular flexibility index (Phi) is 6.36. The number of aromatic nitrogens is 1. The number of nitrogens with one attached hydrogen (secondary N) is 1. The van der Waals surface area contributed by atoms with E-state index in [0.717, 1.165) is 61.7 Å². The van der Waals surface area contributed by atoms with E-state index >= 15 is 0 Å². The minimum Gasteiger partial charge on any atom is -0.468 e. The number of hydrogen-bond acceptors (Lipinski definition) is 6. The molecule has 1 fully saturated rings. The molecule has 176 valence electrons. The van der Waals surface area contributed by atoms with E-state index < -0.39 is 10.0 Å². The lowest BCUT2D eigenvalue weighted by Gasteiger charge is -2.34. The zero-order chi connectivity index (χ0) is 23.5. The molecule has 8 heteroatoms. The van der Waals surface area contributed by atoms with Crippen molar-refractivity contribution in [3.05, 3.63) is 90.0 Å². The van der Waals surface area contributed by atoms with Crippen molar-refractivity contribution in [2.45, 2.75) is 24.9 Å². The van der Waals surface area contributed by atoms with Crippen LogP contribution in [0.1, 0.15) is 17.0 Å². The van der Waals surface area contributed by atoms with E-state index in [4.69, 9.17) is 4.42 Å². The fraction of sp³-hybridized carbons (Fsp3) is 0.269. The summed E-state index contributed by atoms with van der Waals surface area (Å²) in [5, 5.41) is 0.799. The molecule has 34 heavy (non-hydrogen) atoms. The number of piperazine rings is 1. The molecule has 1 aliphatic rings. The maximum Gasteiger partial charge on any atom is 0.264 e. The van der Waals surface area contributed by atoms with Crippen LogP contribution in [0.2, 0.25) is 0 Å². The quantitative estimate of drug-likeness (QED) is 0.430. The highest BCUT2D eigenvalue weighted by atomic mass is 32.2. The molecule has 0 saturated carbocycles. The molecule has 3 heterocycles. The maximum atomic E-state index is 13.1. The molecule has 0 amide bonds. The molecule has 7 nitrogen and oxygen atoms in total. The van der Waals surface area contributed by atoms with Crippen molar-refractivity contribution in [2.24, 2.45) is 0 Å². The van der Waals surface area contributed by atoms with Crippen molar-refractivity contribution in [3.8, 4) is 0 Å². The van der Waals surface area contributed by atoms with Crippen LogP contribution in [0, 0.1) is 6.92 Å². The van der Waals surface area contributed by atoms with Crippen LogP contribution < -0.4 is 4.72 Å². The van der Waals surface area contributed by atoms with E-state index in [0.29, 0.717) is 11.2 Å². The van der Waals surface area contributed by atoms with E-state index in [9.17, 15) is 8.42 Å². The summed E-state index contributed by atoms with van der Waals surface area (Å²) in [6.45, 7) is 7.52. The molecule has 0 radical (unpaired) electrons. The molecule has 2 aromatic heterocycles. The summed E-state index contributed by atoms with van der Waals surface area (Å²) >= 11 is 0. The first-order valence-electron chi connectivity index (χ1n) is 11.4. The second kappa shape index (κ2) is 9.58. The summed E-state index contributed by atoms with van der Waals surface area (Å²) in [6.07, 6.45) is 1.72. The first kappa shape index (κ1) is 22.6. The van der Waals surface area contributed by atoms with E-state index in [1.807, 2.05) is 61.5 Å². The van der Waals surface area contributed by atoms with Gasteiger partial charge in [0, 0.05) is 49.5 Å². The number of nitrogens with zero attached hydrogens (tertiary/aromatic N) is 3. The minimum absolute atomic E-state index is 0.185. The first-order chi connectivity index (χ1) is 16.5. The lowest BCUT2D eigenvalue weighted by molar-refractivity contribution is 0.116. The predicted molar refractivity (Wildman–Crippen MR) is 133 cm³/mol. The number of benzene rings is 2. The van der Waals surface area contributed by atoms with E-state index in [-0.39, 0.29) is 4.90 Å². The zero-order valence-corrected chi connectivity index (χ0v) is 20.0. The summed E-state index contributed by atoms with van der Waals surface area (Å²) in [5.74, 6) is 1.00. The Morgan fingerprint density at radius 1 is 0.882 bits per heavy atom. The third-order valence-electron chi connectivity index (χ3n) is 6.15. The van der Waals surface area contributed by atoms with Gasteiger partial charge in [-0.2, -0.15) is 0 Å². The monoisotopic (exact) mass is 476 g/mol. The standard InChI is InChI=1S/C26H28N4O3S/c1-20-7-10-22-4-2-6-25(26(22)27-20)34(31,32)28-23-11-8-21(9-12-23)18-29-13-15-30(16-14-29)19-24-5-3-17-33-24/h2-12,17,28H,13-16,18-19H2,1H3. The van der Waals surface area contributed by atoms with Crippen molar-refractivity contribution < 1.29 is 12.8 Å². The van der Waals surface area contributed by atoms with Crippen molar-refractivity contribution in [1.82, 2.24) is 14.8 Å². The number of hydrogen-bond donors (Lipinski definition) is 1. The fourth-order valence-corrected chi connectivity index (χ4v) is 5.54. The van der Waals surface area contributed by atoms with Crippen LogP contribution in [0.15, 0.2) is 82.3 Å². The Bertz CT molecular complexity index is 1360. The van der Waals surface area contributed by atoms with Gasteiger partial charge in [-0.25, -0.2) is 8.42 Å². The van der Waals surface area contributed by atoms with Crippen molar-refractivity contribution >= 4 is 26.6 Å². The molecule has 1 aliphatic heterocycles. The molecule has 0 atom stereocenters. The van der Waals surface area contributed by atoms with Gasteiger partial charge in [0.15, 0.2) is 0 Å². The second-order valence-corrected chi connectivity index (χ2v) is 10.4. The number of para-hydroxylation sites is 1. The Labute approximate surface area is 200 Å². The van der Waals surface area contributed by atoms with Gasteiger partial charge in [-0.1, -0.05) is 30.3 Å². The second-order valence-electron chi connectivity index (χ2n) is 8.71. The topological polar surface area (TPSA) is 78.7 Å². The maximum absolute atomic E-state index is 13.1. The van der Waals surface area contributed by atoms with Crippen LogP contribution in [0.5, 0.6) is 0 Å². The largest absolute Gasteiger partial charge is 0.468 e. The summed E-state index contributed by atoms with van der Waals surface area (Å²) in [4.78, 5) is 9.46. The van der Waals surface area contributed by atoms with Crippen LogP contribution >= 0.6 is 0 Å². The van der Waals surface area contributed by atoms with Crippen LogP contribution in [0.3, 0.4) is 0 Å². The Morgan fingerprint density at radius 3 is 2.32 bits per heavy atom. The van der Waals surface area contributed by atoms with Crippen molar-refractivity contribution in [2.75, 3.05) is 30.9 Å². The molecule has 0 aliphatic carbocycles. The number of aryl methyl sites for hydroxylation is 1. The highest BCUT2D eigenvalue weighted by molar-refractivity contribution is 7.93. The molecule has 0 unspecified atom stereocenters. The van der Waals surface area contributed by atoms with Crippen LogP contribution in [0.25, 0.3) is 10.9 Å². The average Bonchev–Trinajstić information content (AvgIpc) is 3.34.